The third kappa shape index (κ3) is 5.92. The van der Waals surface area contributed by atoms with Crippen molar-refractivity contribution < 1.29 is 14.2 Å². The van der Waals surface area contributed by atoms with Crippen LogP contribution < -0.4 is 5.32 Å². The second-order valence-electron chi connectivity index (χ2n) is 3.31. The van der Waals surface area contributed by atoms with Crippen LogP contribution in [0, 0.1) is 0 Å². The van der Waals surface area contributed by atoms with Crippen LogP contribution in [0.1, 0.15) is 12.1 Å². The van der Waals surface area contributed by atoms with Gasteiger partial charge < -0.3 is 19.5 Å². The Bertz CT molecular complexity index is 296. The fourth-order valence-corrected chi connectivity index (χ4v) is 1.69. The molecule has 1 aromatic rings. The average Bonchev–Trinajstić information content (AvgIpc) is 2.80. The molecule has 0 amide bonds. The molecule has 0 fully saturated rings. The molecule has 1 heterocycles. The maximum atomic E-state index is 5.48. The van der Waals surface area contributed by atoms with E-state index in [1.54, 1.807) is 7.11 Å². The number of aromatic nitrogens is 2. The molecule has 0 unspecified atom stereocenters. The Morgan fingerprint density at radius 2 is 2.00 bits per heavy atom. The van der Waals surface area contributed by atoms with Crippen LogP contribution in [-0.2, 0) is 20.8 Å². The van der Waals surface area contributed by atoms with Crippen LogP contribution in [0.25, 0.3) is 0 Å². The molecule has 0 spiro atoms. The van der Waals surface area contributed by atoms with Crippen LogP contribution in [0.2, 0.25) is 0 Å². The van der Waals surface area contributed by atoms with E-state index in [1.165, 1.54) is 11.5 Å². The minimum Gasteiger partial charge on any atom is -0.382 e. The van der Waals surface area contributed by atoms with E-state index in [0.717, 1.165) is 17.1 Å². The van der Waals surface area contributed by atoms with Crippen molar-refractivity contribution in [3.05, 3.63) is 5.69 Å². The van der Waals surface area contributed by atoms with E-state index in [-0.39, 0.29) is 0 Å². The molecular weight excluding hydrogens is 242 g/mol. The predicted molar refractivity (Wildman–Crippen MR) is 66.4 cm³/mol. The Morgan fingerprint density at radius 1 is 1.18 bits per heavy atom. The molecule has 1 N–H and O–H groups in total. The van der Waals surface area contributed by atoms with Gasteiger partial charge in [0.05, 0.1) is 19.8 Å². The van der Waals surface area contributed by atoms with Crippen molar-refractivity contribution in [3.8, 4) is 0 Å². The summed E-state index contributed by atoms with van der Waals surface area (Å²) >= 11 is 1.34. The van der Waals surface area contributed by atoms with Crippen molar-refractivity contribution in [2.75, 3.05) is 45.9 Å². The lowest BCUT2D eigenvalue weighted by Gasteiger charge is -2.04. The third-order valence-electron chi connectivity index (χ3n) is 2.03. The normalized spacial score (nSPS) is 10.7. The van der Waals surface area contributed by atoms with Gasteiger partial charge in [-0.05, 0) is 6.42 Å². The van der Waals surface area contributed by atoms with Crippen molar-refractivity contribution in [2.45, 2.75) is 13.0 Å². The van der Waals surface area contributed by atoms with Gasteiger partial charge in [-0.15, -0.1) is 5.10 Å². The first-order valence-corrected chi connectivity index (χ1v) is 6.29. The van der Waals surface area contributed by atoms with E-state index < -0.39 is 0 Å². The van der Waals surface area contributed by atoms with Gasteiger partial charge in [-0.1, -0.05) is 4.49 Å². The van der Waals surface area contributed by atoms with Crippen LogP contribution in [0.4, 0.5) is 5.00 Å². The lowest BCUT2D eigenvalue weighted by atomic mass is 10.4. The molecule has 0 bridgehead atoms. The maximum absolute atomic E-state index is 5.48. The van der Waals surface area contributed by atoms with Gasteiger partial charge in [0, 0.05) is 38.9 Å². The van der Waals surface area contributed by atoms with Gasteiger partial charge in [0.1, 0.15) is 10.7 Å². The fourth-order valence-electron chi connectivity index (χ4n) is 1.17. The molecule has 0 aliphatic carbocycles. The minimum absolute atomic E-state index is 0.491. The molecule has 98 valence electrons. The smallest absolute Gasteiger partial charge is 0.135 e. The van der Waals surface area contributed by atoms with Crippen LogP contribution in [-0.4, -0.2) is 50.2 Å². The molecule has 0 radical (unpaired) electrons. The molecule has 0 atom stereocenters. The number of ether oxygens (including phenoxy) is 3. The van der Waals surface area contributed by atoms with E-state index in [9.17, 15) is 0 Å². The molecule has 7 heteroatoms. The van der Waals surface area contributed by atoms with Crippen molar-refractivity contribution in [1.82, 2.24) is 9.59 Å². The minimum atomic E-state index is 0.491. The highest BCUT2D eigenvalue weighted by Gasteiger charge is 2.05. The summed E-state index contributed by atoms with van der Waals surface area (Å²) in [5.74, 6) is 0. The van der Waals surface area contributed by atoms with Crippen LogP contribution in [0.15, 0.2) is 0 Å². The first-order valence-electron chi connectivity index (χ1n) is 5.52. The van der Waals surface area contributed by atoms with E-state index in [0.29, 0.717) is 33.0 Å². The van der Waals surface area contributed by atoms with Gasteiger partial charge in [-0.25, -0.2) is 0 Å². The molecule has 0 saturated heterocycles. The Hall–Kier alpha value is -0.760. The van der Waals surface area contributed by atoms with E-state index in [4.69, 9.17) is 14.2 Å². The summed E-state index contributed by atoms with van der Waals surface area (Å²) in [6.07, 6.45) is 0.871. The van der Waals surface area contributed by atoms with E-state index >= 15 is 0 Å². The topological polar surface area (TPSA) is 65.5 Å². The number of rotatable bonds is 10. The van der Waals surface area contributed by atoms with Gasteiger partial charge >= 0.3 is 0 Å². The number of hydrogen-bond donors (Lipinski definition) is 1. The Balaban J connectivity index is 1.97. The van der Waals surface area contributed by atoms with Gasteiger partial charge in [-0.3, -0.25) is 0 Å². The number of anilines is 1. The summed E-state index contributed by atoms with van der Waals surface area (Å²) in [7, 11) is 3.51. The van der Waals surface area contributed by atoms with Crippen molar-refractivity contribution in [1.29, 1.82) is 0 Å². The summed E-state index contributed by atoms with van der Waals surface area (Å²) in [6, 6.07) is 0. The largest absolute Gasteiger partial charge is 0.382 e. The first-order chi connectivity index (χ1) is 8.38. The molecule has 6 nitrogen and oxygen atoms in total. The third-order valence-corrected chi connectivity index (χ3v) is 2.82. The zero-order valence-corrected chi connectivity index (χ0v) is 11.1. The van der Waals surface area contributed by atoms with Crippen molar-refractivity contribution >= 4 is 16.5 Å². The summed E-state index contributed by atoms with van der Waals surface area (Å²) in [6.45, 7) is 3.11. The summed E-state index contributed by atoms with van der Waals surface area (Å²) in [4.78, 5) is 0. The fraction of sp³-hybridized carbons (Fsp3) is 0.800. The van der Waals surface area contributed by atoms with Crippen LogP contribution >= 0.6 is 11.5 Å². The van der Waals surface area contributed by atoms with E-state index in [2.05, 4.69) is 14.9 Å². The van der Waals surface area contributed by atoms with Crippen LogP contribution in [0.3, 0.4) is 0 Å². The Labute approximate surface area is 105 Å². The Morgan fingerprint density at radius 3 is 2.76 bits per heavy atom. The molecule has 1 aromatic heterocycles. The van der Waals surface area contributed by atoms with Crippen molar-refractivity contribution in [3.63, 3.8) is 0 Å². The van der Waals surface area contributed by atoms with Crippen molar-refractivity contribution in [2.24, 2.45) is 0 Å². The highest BCUT2D eigenvalue weighted by atomic mass is 32.1. The molecular formula is C10H19N3O3S. The van der Waals surface area contributed by atoms with E-state index in [1.807, 2.05) is 7.05 Å². The van der Waals surface area contributed by atoms with Gasteiger partial charge in [0.2, 0.25) is 0 Å². The second-order valence-corrected chi connectivity index (χ2v) is 4.06. The molecule has 0 aliphatic heterocycles. The molecule has 0 aromatic carbocycles. The van der Waals surface area contributed by atoms with Gasteiger partial charge in [0.25, 0.3) is 0 Å². The summed E-state index contributed by atoms with van der Waals surface area (Å²) in [5, 5.41) is 7.96. The second kappa shape index (κ2) is 9.29. The monoisotopic (exact) mass is 261 g/mol. The maximum Gasteiger partial charge on any atom is 0.135 e. The highest BCUT2D eigenvalue weighted by Crippen LogP contribution is 2.17. The number of nitrogens with one attached hydrogen (secondary N) is 1. The quantitative estimate of drug-likeness (QED) is 0.637. The van der Waals surface area contributed by atoms with Crippen LogP contribution in [0.5, 0.6) is 0 Å². The number of methoxy groups -OCH3 is 1. The molecule has 17 heavy (non-hydrogen) atoms. The lowest BCUT2D eigenvalue weighted by Crippen LogP contribution is -2.06. The highest BCUT2D eigenvalue weighted by molar-refractivity contribution is 7.10. The van der Waals surface area contributed by atoms with Gasteiger partial charge in [-0.2, -0.15) is 0 Å². The standard InChI is InChI=1S/C10H19N3O3S/c1-11-10-9(12-13-17-10)8-16-5-3-4-15-7-6-14-2/h11H,3-8H2,1-2H3. The first kappa shape index (κ1) is 14.3. The number of nitrogens with zero attached hydrogens (tertiary/aromatic N) is 2. The average molecular weight is 261 g/mol. The van der Waals surface area contributed by atoms with Gasteiger partial charge in [0.15, 0.2) is 0 Å². The molecule has 0 aliphatic rings. The lowest BCUT2D eigenvalue weighted by molar-refractivity contribution is 0.0479. The molecule has 1 rings (SSSR count). The summed E-state index contributed by atoms with van der Waals surface area (Å²) in [5.41, 5.74) is 0.859. The SMILES string of the molecule is CNc1snnc1COCCCOCCOC. The predicted octanol–water partition coefficient (Wildman–Crippen LogP) is 1.15. The zero-order chi connectivity index (χ0) is 12.3. The number of hydrogen-bond acceptors (Lipinski definition) is 7. The zero-order valence-electron chi connectivity index (χ0n) is 10.3. The Kier molecular flexibility index (Phi) is 7.81. The molecule has 0 saturated carbocycles. The summed E-state index contributed by atoms with van der Waals surface area (Å²) < 4.78 is 19.5.